The molecule has 0 fully saturated rings. The van der Waals surface area contributed by atoms with Crippen LogP contribution in [0.25, 0.3) is 0 Å². The Morgan fingerprint density at radius 2 is 2.23 bits per heavy atom. The molecule has 0 aliphatic carbocycles. The Hall–Kier alpha value is -0.900. The van der Waals surface area contributed by atoms with Crippen molar-refractivity contribution in [3.63, 3.8) is 0 Å². The highest BCUT2D eigenvalue weighted by atomic mass is 35.5. The Morgan fingerprint density at radius 1 is 1.62 bits per heavy atom. The number of aryl methyl sites for hydroxylation is 1. The van der Waals surface area contributed by atoms with E-state index in [1.54, 1.807) is 0 Å². The molecule has 0 aromatic carbocycles. The Balaban J connectivity index is 3.22. The van der Waals surface area contributed by atoms with E-state index in [0.717, 1.165) is 0 Å². The molecule has 0 radical (unpaired) electrons. The predicted octanol–water partition coefficient (Wildman–Crippen LogP) is 2.77. The van der Waals surface area contributed by atoms with Gasteiger partial charge in [-0.25, -0.2) is 13.8 Å². The number of rotatable bonds is 2. The molecule has 1 N–H and O–H groups in total. The van der Waals surface area contributed by atoms with Gasteiger partial charge in [-0.2, -0.15) is 0 Å². The first-order valence-corrected chi connectivity index (χ1v) is 4.13. The molecule has 0 aliphatic rings. The summed E-state index contributed by atoms with van der Waals surface area (Å²) in [5.74, 6) is -0.219. The summed E-state index contributed by atoms with van der Waals surface area (Å²) in [4.78, 5) is 3.56. The first-order valence-electron chi connectivity index (χ1n) is 3.59. The molecule has 0 bridgehead atoms. The van der Waals surface area contributed by atoms with Crippen LogP contribution in [-0.4, -0.2) is 10.1 Å². The molecule has 0 atom stereocenters. The van der Waals surface area contributed by atoms with Crippen molar-refractivity contribution in [2.45, 2.75) is 19.2 Å². The van der Waals surface area contributed by atoms with Crippen molar-refractivity contribution in [1.82, 2.24) is 4.98 Å². The zero-order valence-electron chi connectivity index (χ0n) is 6.89. The predicted molar refractivity (Wildman–Crippen MR) is 45.2 cm³/mol. The Kier molecular flexibility index (Phi) is 3.03. The van der Waals surface area contributed by atoms with Crippen molar-refractivity contribution in [1.29, 1.82) is 0 Å². The van der Waals surface area contributed by atoms with Crippen LogP contribution >= 0.6 is 11.6 Å². The van der Waals surface area contributed by atoms with Crippen molar-refractivity contribution in [3.8, 4) is 5.75 Å². The normalized spacial score (nSPS) is 10.8. The van der Waals surface area contributed by atoms with E-state index >= 15 is 0 Å². The molecule has 1 rings (SSSR count). The van der Waals surface area contributed by atoms with Crippen LogP contribution in [0.2, 0.25) is 0 Å². The van der Waals surface area contributed by atoms with Gasteiger partial charge < -0.3 is 5.11 Å². The maximum Gasteiger partial charge on any atom is 0.280 e. The van der Waals surface area contributed by atoms with Crippen LogP contribution in [0.3, 0.4) is 0 Å². The van der Waals surface area contributed by atoms with Crippen LogP contribution in [0.15, 0.2) is 6.07 Å². The molecule has 1 aromatic rings. The SMILES string of the molecule is Cc1cc(O)c(CCl)nc1C(F)F. The summed E-state index contributed by atoms with van der Waals surface area (Å²) in [5.41, 5.74) is 0.0254. The third-order valence-corrected chi connectivity index (χ3v) is 1.89. The largest absolute Gasteiger partial charge is 0.506 e. The summed E-state index contributed by atoms with van der Waals surface area (Å²) in [5, 5.41) is 9.21. The monoisotopic (exact) mass is 207 g/mol. The zero-order valence-corrected chi connectivity index (χ0v) is 7.65. The number of pyridine rings is 1. The molecule has 0 unspecified atom stereocenters. The first kappa shape index (κ1) is 10.2. The van der Waals surface area contributed by atoms with Crippen molar-refractivity contribution < 1.29 is 13.9 Å². The Labute approximate surface area is 79.2 Å². The van der Waals surface area contributed by atoms with Crippen LogP contribution in [0.1, 0.15) is 23.4 Å². The minimum atomic E-state index is -2.64. The van der Waals surface area contributed by atoms with Gasteiger partial charge >= 0.3 is 0 Å². The lowest BCUT2D eigenvalue weighted by molar-refractivity contribution is 0.145. The van der Waals surface area contributed by atoms with E-state index in [1.807, 2.05) is 0 Å². The summed E-state index contributed by atoms with van der Waals surface area (Å²) in [6.07, 6.45) is -2.64. The van der Waals surface area contributed by atoms with Crippen LogP contribution in [0.5, 0.6) is 5.75 Å². The van der Waals surface area contributed by atoms with Crippen molar-refractivity contribution in [2.75, 3.05) is 0 Å². The number of hydrogen-bond donors (Lipinski definition) is 1. The molecule has 2 nitrogen and oxygen atoms in total. The van der Waals surface area contributed by atoms with Gasteiger partial charge in [0.05, 0.1) is 11.6 Å². The van der Waals surface area contributed by atoms with Gasteiger partial charge in [-0.05, 0) is 18.6 Å². The summed E-state index contributed by atoms with van der Waals surface area (Å²) < 4.78 is 24.6. The van der Waals surface area contributed by atoms with Crippen LogP contribution in [-0.2, 0) is 5.88 Å². The highest BCUT2D eigenvalue weighted by Gasteiger charge is 2.15. The lowest BCUT2D eigenvalue weighted by Gasteiger charge is -2.07. The second kappa shape index (κ2) is 3.87. The number of alkyl halides is 3. The molecular weight excluding hydrogens is 200 g/mol. The van der Waals surface area contributed by atoms with Crippen LogP contribution < -0.4 is 0 Å². The van der Waals surface area contributed by atoms with E-state index < -0.39 is 6.43 Å². The average Bonchev–Trinajstić information content (AvgIpc) is 2.03. The summed E-state index contributed by atoms with van der Waals surface area (Å²) in [6.45, 7) is 1.46. The standard InChI is InChI=1S/C8H8ClF2NO/c1-4-2-6(13)5(3-9)12-7(4)8(10)11/h2,8,13H,3H2,1H3. The van der Waals surface area contributed by atoms with Gasteiger partial charge in [0.15, 0.2) is 0 Å². The Morgan fingerprint density at radius 3 is 2.69 bits per heavy atom. The topological polar surface area (TPSA) is 33.1 Å². The van der Waals surface area contributed by atoms with E-state index in [4.69, 9.17) is 11.6 Å². The number of aromatic nitrogens is 1. The van der Waals surface area contributed by atoms with Gasteiger partial charge in [-0.1, -0.05) is 0 Å². The third kappa shape index (κ3) is 2.06. The van der Waals surface area contributed by atoms with Gasteiger partial charge in [0, 0.05) is 0 Å². The maximum absolute atomic E-state index is 12.3. The maximum atomic E-state index is 12.3. The lowest BCUT2D eigenvalue weighted by atomic mass is 10.2. The molecule has 0 saturated carbocycles. The smallest absolute Gasteiger partial charge is 0.280 e. The van der Waals surface area contributed by atoms with Crippen molar-refractivity contribution in [2.24, 2.45) is 0 Å². The fraction of sp³-hybridized carbons (Fsp3) is 0.375. The van der Waals surface area contributed by atoms with E-state index in [2.05, 4.69) is 4.98 Å². The van der Waals surface area contributed by atoms with Gasteiger partial charge in [-0.3, -0.25) is 0 Å². The van der Waals surface area contributed by atoms with Crippen LogP contribution in [0.4, 0.5) is 8.78 Å². The van der Waals surface area contributed by atoms with E-state index in [1.165, 1.54) is 13.0 Å². The summed E-state index contributed by atoms with van der Waals surface area (Å²) in [7, 11) is 0. The van der Waals surface area contributed by atoms with E-state index in [9.17, 15) is 13.9 Å². The molecule has 72 valence electrons. The average molecular weight is 208 g/mol. The Bertz CT molecular complexity index is 317. The molecule has 0 amide bonds. The molecule has 13 heavy (non-hydrogen) atoms. The van der Waals surface area contributed by atoms with Gasteiger partial charge in [0.25, 0.3) is 6.43 Å². The molecule has 0 aliphatic heterocycles. The zero-order chi connectivity index (χ0) is 10.0. The second-order valence-electron chi connectivity index (χ2n) is 2.59. The van der Waals surface area contributed by atoms with E-state index in [-0.39, 0.29) is 28.6 Å². The molecule has 1 aromatic heterocycles. The highest BCUT2D eigenvalue weighted by Crippen LogP contribution is 2.26. The second-order valence-corrected chi connectivity index (χ2v) is 2.86. The quantitative estimate of drug-likeness (QED) is 0.757. The van der Waals surface area contributed by atoms with Crippen LogP contribution in [0, 0.1) is 6.92 Å². The fourth-order valence-corrected chi connectivity index (χ4v) is 1.17. The minimum Gasteiger partial charge on any atom is -0.506 e. The third-order valence-electron chi connectivity index (χ3n) is 1.64. The van der Waals surface area contributed by atoms with Gasteiger partial charge in [-0.15, -0.1) is 11.6 Å². The number of aromatic hydroxyl groups is 1. The molecule has 0 saturated heterocycles. The number of halogens is 3. The highest BCUT2D eigenvalue weighted by molar-refractivity contribution is 6.17. The minimum absolute atomic E-state index is 0.0775. The first-order chi connectivity index (χ1) is 6.06. The molecule has 5 heteroatoms. The van der Waals surface area contributed by atoms with Crippen molar-refractivity contribution >= 4 is 11.6 Å². The van der Waals surface area contributed by atoms with E-state index in [0.29, 0.717) is 0 Å². The lowest BCUT2D eigenvalue weighted by Crippen LogP contribution is -1.98. The fourth-order valence-electron chi connectivity index (χ4n) is 0.972. The molecular formula is C8H8ClF2NO. The number of nitrogens with zero attached hydrogens (tertiary/aromatic N) is 1. The van der Waals surface area contributed by atoms with Crippen molar-refractivity contribution in [3.05, 3.63) is 23.0 Å². The molecule has 1 heterocycles. The number of hydrogen-bond acceptors (Lipinski definition) is 2. The summed E-state index contributed by atoms with van der Waals surface area (Å²) in [6, 6.07) is 1.24. The molecule has 0 spiro atoms. The van der Waals surface area contributed by atoms with Gasteiger partial charge in [0.1, 0.15) is 11.4 Å². The summed E-state index contributed by atoms with van der Waals surface area (Å²) >= 11 is 5.39. The van der Waals surface area contributed by atoms with Gasteiger partial charge in [0.2, 0.25) is 0 Å².